The molecule has 208 valence electrons. The van der Waals surface area contributed by atoms with Crippen LogP contribution in [0, 0.1) is 5.82 Å². The Bertz CT molecular complexity index is 1260. The molecular weight excluding hydrogens is 491 g/mol. The summed E-state index contributed by atoms with van der Waals surface area (Å²) in [7, 11) is 0. The highest BCUT2D eigenvalue weighted by atomic mass is 19.1. The van der Waals surface area contributed by atoms with Crippen LogP contribution in [-0.2, 0) is 19.3 Å². The normalized spacial score (nSPS) is 17.5. The first-order valence-electron chi connectivity index (χ1n) is 14.5. The first-order chi connectivity index (χ1) is 19.0. The predicted octanol–water partition coefficient (Wildman–Crippen LogP) is 6.44. The number of aryl methyl sites for hydroxylation is 1. The van der Waals surface area contributed by atoms with Gasteiger partial charge in [0.15, 0.2) is 11.6 Å². The molecule has 5 rings (SSSR count). The molecule has 2 N–H and O–H groups in total. The van der Waals surface area contributed by atoms with Crippen LogP contribution in [-0.4, -0.2) is 54.4 Å². The summed E-state index contributed by atoms with van der Waals surface area (Å²) >= 11 is 0. The number of rotatable bonds is 10. The first-order valence-corrected chi connectivity index (χ1v) is 14.5. The van der Waals surface area contributed by atoms with Gasteiger partial charge in [-0.25, -0.2) is 4.39 Å². The smallest absolute Gasteiger partial charge is 0.165 e. The standard InChI is InChI=1S/C33H41FN2O3/c1-2-36(17-14-24-6-13-33(31(34)20-24)39-19-18-35-15-4-3-5-16-35)32-23-29(38)11-12-30(32)27-8-7-26-22-28(37)10-9-25(26)21-27/h6,9-13,20,22-23,27,37-38H,2-5,7-8,14-19,21H2,1H3. The molecule has 6 heteroatoms. The maximum atomic E-state index is 14.9. The van der Waals surface area contributed by atoms with E-state index in [1.54, 1.807) is 24.3 Å². The molecule has 3 aromatic carbocycles. The minimum absolute atomic E-state index is 0.255. The summed E-state index contributed by atoms with van der Waals surface area (Å²) in [6.45, 7) is 7.19. The number of likely N-dealkylation sites (N-methyl/N-ethyl adjacent to an activating group) is 1. The van der Waals surface area contributed by atoms with Gasteiger partial charge in [0.2, 0.25) is 0 Å². The minimum atomic E-state index is -0.306. The highest BCUT2D eigenvalue weighted by molar-refractivity contribution is 5.59. The fourth-order valence-electron chi connectivity index (χ4n) is 6.16. The van der Waals surface area contributed by atoms with E-state index in [1.807, 2.05) is 24.3 Å². The van der Waals surface area contributed by atoms with Crippen LogP contribution in [0.1, 0.15) is 60.8 Å². The SMILES string of the molecule is CCN(CCc1ccc(OCCN2CCCCC2)c(F)c1)c1cc(O)ccc1C1CCc2cc(O)ccc2C1. The van der Waals surface area contributed by atoms with Gasteiger partial charge in [0.25, 0.3) is 0 Å². The van der Waals surface area contributed by atoms with E-state index in [0.29, 0.717) is 30.4 Å². The van der Waals surface area contributed by atoms with Crippen LogP contribution < -0.4 is 9.64 Å². The maximum absolute atomic E-state index is 14.9. The van der Waals surface area contributed by atoms with Crippen molar-refractivity contribution in [2.24, 2.45) is 0 Å². The van der Waals surface area contributed by atoms with Crippen molar-refractivity contribution in [3.8, 4) is 17.2 Å². The molecule has 3 aromatic rings. The Kier molecular flexibility index (Phi) is 8.92. The number of likely N-dealkylation sites (tertiary alicyclic amines) is 1. The average Bonchev–Trinajstić information content (AvgIpc) is 2.95. The summed E-state index contributed by atoms with van der Waals surface area (Å²) in [5.74, 6) is 0.933. The third kappa shape index (κ3) is 6.85. The predicted molar refractivity (Wildman–Crippen MR) is 155 cm³/mol. The molecule has 1 aliphatic carbocycles. The second-order valence-electron chi connectivity index (χ2n) is 11.0. The Balaban J connectivity index is 1.23. The highest BCUT2D eigenvalue weighted by Gasteiger charge is 2.24. The first kappa shape index (κ1) is 27.3. The van der Waals surface area contributed by atoms with Gasteiger partial charge in [-0.2, -0.15) is 0 Å². The highest BCUT2D eigenvalue weighted by Crippen LogP contribution is 2.39. The lowest BCUT2D eigenvalue weighted by atomic mass is 9.79. The van der Waals surface area contributed by atoms with Crippen LogP contribution in [0.25, 0.3) is 0 Å². The number of aromatic hydroxyl groups is 2. The Morgan fingerprint density at radius 1 is 0.949 bits per heavy atom. The van der Waals surface area contributed by atoms with Gasteiger partial charge >= 0.3 is 0 Å². The molecule has 0 aromatic heterocycles. The monoisotopic (exact) mass is 532 g/mol. The average molecular weight is 533 g/mol. The summed E-state index contributed by atoms with van der Waals surface area (Å²) in [6, 6.07) is 16.7. The molecule has 0 spiro atoms. The fourth-order valence-corrected chi connectivity index (χ4v) is 6.16. The Morgan fingerprint density at radius 2 is 1.74 bits per heavy atom. The number of piperidine rings is 1. The zero-order valence-corrected chi connectivity index (χ0v) is 23.0. The quantitative estimate of drug-likeness (QED) is 0.315. The topological polar surface area (TPSA) is 56.2 Å². The molecule has 1 unspecified atom stereocenters. The number of phenolic OH excluding ortho intramolecular Hbond substituents is 2. The Morgan fingerprint density at radius 3 is 2.54 bits per heavy atom. The Labute approximate surface area is 231 Å². The number of anilines is 1. The van der Waals surface area contributed by atoms with Crippen molar-refractivity contribution in [3.63, 3.8) is 0 Å². The molecule has 0 amide bonds. The molecule has 1 atom stereocenters. The van der Waals surface area contributed by atoms with Crippen molar-refractivity contribution in [3.05, 3.63) is 82.7 Å². The van der Waals surface area contributed by atoms with Crippen molar-refractivity contribution in [2.75, 3.05) is 44.2 Å². The van der Waals surface area contributed by atoms with Crippen LogP contribution >= 0.6 is 0 Å². The van der Waals surface area contributed by atoms with Crippen molar-refractivity contribution in [1.82, 2.24) is 4.90 Å². The van der Waals surface area contributed by atoms with Gasteiger partial charge in [-0.3, -0.25) is 4.90 Å². The molecule has 1 saturated heterocycles. The van der Waals surface area contributed by atoms with E-state index in [2.05, 4.69) is 22.8 Å². The molecule has 2 aliphatic rings. The number of halogens is 1. The summed E-state index contributed by atoms with van der Waals surface area (Å²) < 4.78 is 20.6. The van der Waals surface area contributed by atoms with Gasteiger partial charge in [-0.05, 0) is 117 Å². The van der Waals surface area contributed by atoms with Crippen LogP contribution in [0.3, 0.4) is 0 Å². The molecule has 1 heterocycles. The van der Waals surface area contributed by atoms with E-state index < -0.39 is 0 Å². The lowest BCUT2D eigenvalue weighted by Crippen LogP contribution is -2.33. The number of phenols is 2. The van der Waals surface area contributed by atoms with Gasteiger partial charge < -0.3 is 19.8 Å². The van der Waals surface area contributed by atoms with Gasteiger partial charge in [0.1, 0.15) is 18.1 Å². The number of nitrogens with zero attached hydrogens (tertiary/aromatic N) is 2. The van der Waals surface area contributed by atoms with E-state index in [-0.39, 0.29) is 11.6 Å². The van der Waals surface area contributed by atoms with Crippen molar-refractivity contribution >= 4 is 5.69 Å². The van der Waals surface area contributed by atoms with Gasteiger partial charge in [-0.15, -0.1) is 0 Å². The van der Waals surface area contributed by atoms with Crippen molar-refractivity contribution in [2.45, 2.75) is 57.8 Å². The van der Waals surface area contributed by atoms with E-state index in [4.69, 9.17) is 4.74 Å². The third-order valence-electron chi connectivity index (χ3n) is 8.38. The fraction of sp³-hybridized carbons (Fsp3) is 0.455. The van der Waals surface area contributed by atoms with Crippen molar-refractivity contribution in [1.29, 1.82) is 0 Å². The summed E-state index contributed by atoms with van der Waals surface area (Å²) in [5.41, 5.74) is 5.71. The number of hydrogen-bond acceptors (Lipinski definition) is 5. The zero-order valence-electron chi connectivity index (χ0n) is 23.0. The van der Waals surface area contributed by atoms with Gasteiger partial charge in [0, 0.05) is 31.4 Å². The number of hydrogen-bond donors (Lipinski definition) is 2. The van der Waals surface area contributed by atoms with Gasteiger partial charge in [0.05, 0.1) is 0 Å². The largest absolute Gasteiger partial charge is 0.508 e. The van der Waals surface area contributed by atoms with Crippen LogP contribution in [0.5, 0.6) is 17.2 Å². The van der Waals surface area contributed by atoms with E-state index in [1.165, 1.54) is 36.0 Å². The second-order valence-corrected chi connectivity index (χ2v) is 11.0. The lowest BCUT2D eigenvalue weighted by molar-refractivity contribution is 0.180. The third-order valence-corrected chi connectivity index (χ3v) is 8.38. The summed E-state index contributed by atoms with van der Waals surface area (Å²) in [5, 5.41) is 20.2. The molecule has 0 bridgehead atoms. The number of ether oxygens (including phenoxy) is 1. The maximum Gasteiger partial charge on any atom is 0.165 e. The summed E-state index contributed by atoms with van der Waals surface area (Å²) in [4.78, 5) is 4.67. The van der Waals surface area contributed by atoms with Crippen molar-refractivity contribution < 1.29 is 19.3 Å². The van der Waals surface area contributed by atoms with Crippen LogP contribution in [0.15, 0.2) is 54.6 Å². The van der Waals surface area contributed by atoms with E-state index in [0.717, 1.165) is 63.2 Å². The molecule has 0 saturated carbocycles. The number of benzene rings is 3. The minimum Gasteiger partial charge on any atom is -0.508 e. The molecule has 1 fully saturated rings. The summed E-state index contributed by atoms with van der Waals surface area (Å²) in [6.07, 6.45) is 7.31. The molecule has 1 aliphatic heterocycles. The Hall–Kier alpha value is -3.25. The second kappa shape index (κ2) is 12.7. The number of fused-ring (bicyclic) bond motifs is 1. The van der Waals surface area contributed by atoms with E-state index in [9.17, 15) is 14.6 Å². The van der Waals surface area contributed by atoms with Crippen LogP contribution in [0.4, 0.5) is 10.1 Å². The van der Waals surface area contributed by atoms with Gasteiger partial charge in [-0.1, -0.05) is 24.6 Å². The van der Waals surface area contributed by atoms with E-state index >= 15 is 0 Å². The molecule has 39 heavy (non-hydrogen) atoms. The molecule has 5 nitrogen and oxygen atoms in total. The molecular formula is C33H41FN2O3. The lowest BCUT2D eigenvalue weighted by Gasteiger charge is -2.31. The van der Waals surface area contributed by atoms with Crippen LogP contribution in [0.2, 0.25) is 0 Å². The molecule has 0 radical (unpaired) electrons. The zero-order chi connectivity index (χ0) is 27.2.